The molecule has 1 aliphatic heterocycles. The van der Waals surface area contributed by atoms with Gasteiger partial charge in [0.2, 0.25) is 0 Å². The lowest BCUT2D eigenvalue weighted by atomic mass is 10.4. The van der Waals surface area contributed by atoms with Crippen molar-refractivity contribution in [2.24, 2.45) is 0 Å². The molecule has 1 atom stereocenters. The van der Waals surface area contributed by atoms with Crippen LogP contribution in [0, 0.1) is 0 Å². The quantitative estimate of drug-likeness (QED) is 0.685. The molecular weight excluding hydrogens is 186 g/mol. The molecule has 0 saturated carbocycles. The number of thioether (sulfide) groups is 2. The summed E-state index contributed by atoms with van der Waals surface area (Å²) in [7, 11) is 1.90. The van der Waals surface area contributed by atoms with Gasteiger partial charge in [0.05, 0.1) is 5.37 Å². The van der Waals surface area contributed by atoms with E-state index in [0.29, 0.717) is 5.37 Å². The normalized spacial score (nSPS) is 21.9. The molecule has 0 aromatic heterocycles. The second-order valence-corrected chi connectivity index (χ2v) is 4.87. The van der Waals surface area contributed by atoms with Gasteiger partial charge in [-0.25, -0.2) is 5.32 Å². The third-order valence-corrected chi connectivity index (χ3v) is 4.53. The van der Waals surface area contributed by atoms with Crippen LogP contribution in [0.25, 0.3) is 0 Å². The highest BCUT2D eigenvalue weighted by Crippen LogP contribution is 2.39. The minimum absolute atomic E-state index is 0.449. The van der Waals surface area contributed by atoms with Gasteiger partial charge in [0, 0.05) is 22.6 Å². The molecule has 2 rings (SSSR count). The highest BCUT2D eigenvalue weighted by Gasteiger charge is 2.17. The zero-order valence-electron chi connectivity index (χ0n) is 6.86. The Bertz CT molecular complexity index is 275. The summed E-state index contributed by atoms with van der Waals surface area (Å²) in [5.74, 6) is 1.11. The number of rotatable bonds is 1. The van der Waals surface area contributed by atoms with Crippen molar-refractivity contribution < 1.29 is 0 Å². The maximum Gasteiger partial charge on any atom is 0.0836 e. The maximum atomic E-state index is 4.29. The first-order chi connectivity index (χ1) is 5.90. The van der Waals surface area contributed by atoms with Crippen molar-refractivity contribution >= 4 is 23.5 Å². The summed E-state index contributed by atoms with van der Waals surface area (Å²) in [5.41, 5.74) is 0. The Balaban J connectivity index is 2.23. The van der Waals surface area contributed by atoms with Crippen LogP contribution in [0.5, 0.6) is 0 Å². The molecule has 1 radical (unpaired) electrons. The molecule has 1 aromatic carbocycles. The van der Waals surface area contributed by atoms with Crippen LogP contribution < -0.4 is 5.32 Å². The number of nitrogens with zero attached hydrogens (tertiary/aromatic N) is 1. The Hall–Kier alpha value is -0.120. The van der Waals surface area contributed by atoms with Gasteiger partial charge in [0.15, 0.2) is 0 Å². The Labute approximate surface area is 81.3 Å². The molecule has 1 aromatic rings. The van der Waals surface area contributed by atoms with E-state index in [0.717, 1.165) is 5.75 Å². The van der Waals surface area contributed by atoms with Crippen LogP contribution >= 0.6 is 23.5 Å². The standard InChI is InChI=1S/C9H10NS2/c1-10-9-6-11-7-4-2-3-5-8(7)12-9/h2-5,9H,6H2,1H3. The predicted octanol–water partition coefficient (Wildman–Crippen LogP) is 2.44. The third kappa shape index (κ3) is 1.63. The van der Waals surface area contributed by atoms with Crippen LogP contribution in [0.3, 0.4) is 0 Å². The zero-order chi connectivity index (χ0) is 8.39. The van der Waals surface area contributed by atoms with Crippen molar-refractivity contribution in [1.82, 2.24) is 5.32 Å². The number of hydrogen-bond acceptors (Lipinski definition) is 2. The summed E-state index contributed by atoms with van der Waals surface area (Å²) in [6, 6.07) is 8.53. The van der Waals surface area contributed by atoms with Gasteiger partial charge in [-0.2, -0.15) is 0 Å². The van der Waals surface area contributed by atoms with E-state index >= 15 is 0 Å². The minimum atomic E-state index is 0.449. The van der Waals surface area contributed by atoms with E-state index in [-0.39, 0.29) is 0 Å². The molecule has 0 aliphatic carbocycles. The minimum Gasteiger partial charge on any atom is -0.230 e. The molecular formula is C9H10NS2. The van der Waals surface area contributed by atoms with Gasteiger partial charge in [0.25, 0.3) is 0 Å². The fourth-order valence-electron chi connectivity index (χ4n) is 1.14. The Kier molecular flexibility index (Phi) is 2.63. The summed E-state index contributed by atoms with van der Waals surface area (Å²) in [6.07, 6.45) is 0. The van der Waals surface area contributed by atoms with E-state index in [1.807, 2.05) is 30.6 Å². The first kappa shape index (κ1) is 8.48. The Morgan fingerprint density at radius 1 is 1.33 bits per heavy atom. The lowest BCUT2D eigenvalue weighted by Crippen LogP contribution is -2.19. The van der Waals surface area contributed by atoms with Crippen molar-refractivity contribution in [2.45, 2.75) is 15.2 Å². The highest BCUT2D eigenvalue weighted by molar-refractivity contribution is 8.06. The average molecular weight is 196 g/mol. The molecule has 1 aliphatic rings. The van der Waals surface area contributed by atoms with Gasteiger partial charge in [-0.3, -0.25) is 0 Å². The molecule has 1 nitrogen and oxygen atoms in total. The molecule has 0 bridgehead atoms. The molecule has 1 heterocycles. The van der Waals surface area contributed by atoms with Crippen LogP contribution in [-0.4, -0.2) is 18.2 Å². The van der Waals surface area contributed by atoms with E-state index in [1.165, 1.54) is 9.79 Å². The SMILES string of the molecule is C[N]C1CSc2ccccc2S1. The summed E-state index contributed by atoms with van der Waals surface area (Å²) in [5, 5.41) is 4.74. The van der Waals surface area contributed by atoms with Crippen molar-refractivity contribution in [1.29, 1.82) is 0 Å². The zero-order valence-corrected chi connectivity index (χ0v) is 8.49. The molecule has 63 valence electrons. The molecule has 0 fully saturated rings. The van der Waals surface area contributed by atoms with Gasteiger partial charge in [-0.15, -0.1) is 23.5 Å². The predicted molar refractivity (Wildman–Crippen MR) is 54.9 cm³/mol. The second-order valence-electron chi connectivity index (χ2n) is 2.59. The van der Waals surface area contributed by atoms with E-state index < -0.39 is 0 Å². The van der Waals surface area contributed by atoms with Crippen LogP contribution in [0.4, 0.5) is 0 Å². The maximum absolute atomic E-state index is 4.29. The molecule has 3 heteroatoms. The summed E-state index contributed by atoms with van der Waals surface area (Å²) < 4.78 is 0. The van der Waals surface area contributed by atoms with Crippen LogP contribution in [-0.2, 0) is 0 Å². The molecule has 1 unspecified atom stereocenters. The first-order valence-corrected chi connectivity index (χ1v) is 5.74. The van der Waals surface area contributed by atoms with Crippen molar-refractivity contribution in [3.8, 4) is 0 Å². The van der Waals surface area contributed by atoms with E-state index in [9.17, 15) is 0 Å². The molecule has 12 heavy (non-hydrogen) atoms. The summed E-state index contributed by atoms with van der Waals surface area (Å²) in [4.78, 5) is 2.78. The Morgan fingerprint density at radius 2 is 2.08 bits per heavy atom. The topological polar surface area (TPSA) is 14.1 Å². The lowest BCUT2D eigenvalue weighted by molar-refractivity contribution is 0.791. The molecule has 0 amide bonds. The first-order valence-electron chi connectivity index (χ1n) is 3.87. The van der Waals surface area contributed by atoms with Crippen LogP contribution in [0.1, 0.15) is 0 Å². The third-order valence-electron chi connectivity index (χ3n) is 1.78. The van der Waals surface area contributed by atoms with Crippen molar-refractivity contribution in [3.63, 3.8) is 0 Å². The van der Waals surface area contributed by atoms with Gasteiger partial charge in [0.1, 0.15) is 0 Å². The van der Waals surface area contributed by atoms with E-state index in [1.54, 1.807) is 0 Å². The largest absolute Gasteiger partial charge is 0.230 e. The molecule has 0 saturated heterocycles. The molecule has 0 spiro atoms. The second kappa shape index (κ2) is 3.73. The number of hydrogen-bond donors (Lipinski definition) is 0. The van der Waals surface area contributed by atoms with Gasteiger partial charge >= 0.3 is 0 Å². The lowest BCUT2D eigenvalue weighted by Gasteiger charge is -2.21. The highest BCUT2D eigenvalue weighted by atomic mass is 32.2. The van der Waals surface area contributed by atoms with Crippen LogP contribution in [0.2, 0.25) is 0 Å². The van der Waals surface area contributed by atoms with Crippen molar-refractivity contribution in [2.75, 3.05) is 12.8 Å². The van der Waals surface area contributed by atoms with E-state index in [2.05, 4.69) is 29.6 Å². The van der Waals surface area contributed by atoms with Gasteiger partial charge in [-0.05, 0) is 12.1 Å². The fourth-order valence-corrected chi connectivity index (χ4v) is 3.53. The number of fused-ring (bicyclic) bond motifs is 1. The van der Waals surface area contributed by atoms with Gasteiger partial charge < -0.3 is 0 Å². The number of benzene rings is 1. The van der Waals surface area contributed by atoms with E-state index in [4.69, 9.17) is 0 Å². The summed E-state index contributed by atoms with van der Waals surface area (Å²) >= 11 is 3.78. The monoisotopic (exact) mass is 196 g/mol. The van der Waals surface area contributed by atoms with Crippen LogP contribution in [0.15, 0.2) is 34.1 Å². The fraction of sp³-hybridized carbons (Fsp3) is 0.333. The van der Waals surface area contributed by atoms with Gasteiger partial charge in [-0.1, -0.05) is 12.1 Å². The smallest absolute Gasteiger partial charge is 0.0836 e. The molecule has 0 N–H and O–H groups in total. The van der Waals surface area contributed by atoms with Crippen molar-refractivity contribution in [3.05, 3.63) is 24.3 Å². The Morgan fingerprint density at radius 3 is 2.83 bits per heavy atom. The summed E-state index contributed by atoms with van der Waals surface area (Å²) in [6.45, 7) is 0. The average Bonchev–Trinajstić information content (AvgIpc) is 2.17.